The van der Waals surface area contributed by atoms with E-state index in [0.717, 1.165) is 11.5 Å². The quantitative estimate of drug-likeness (QED) is 0.884. The van der Waals surface area contributed by atoms with Crippen molar-refractivity contribution in [2.75, 3.05) is 18.1 Å². The molecule has 1 aromatic carbocycles. The lowest BCUT2D eigenvalue weighted by molar-refractivity contribution is 0.0688. The molecular formula is C14H14N2O3S. The predicted octanol–water partition coefficient (Wildman–Crippen LogP) is 1.95. The monoisotopic (exact) mass is 290 g/mol. The van der Waals surface area contributed by atoms with E-state index >= 15 is 0 Å². The molecule has 2 aromatic rings. The highest BCUT2D eigenvalue weighted by Gasteiger charge is 2.21. The van der Waals surface area contributed by atoms with Crippen molar-refractivity contribution in [2.24, 2.45) is 0 Å². The predicted molar refractivity (Wildman–Crippen MR) is 78.0 cm³/mol. The van der Waals surface area contributed by atoms with Crippen LogP contribution in [0.3, 0.4) is 0 Å². The van der Waals surface area contributed by atoms with E-state index < -0.39 is 0 Å². The Morgan fingerprint density at radius 2 is 2.15 bits per heavy atom. The molecule has 3 rings (SSSR count). The van der Waals surface area contributed by atoms with E-state index in [0.29, 0.717) is 18.0 Å². The maximum absolute atomic E-state index is 12.2. The lowest BCUT2D eigenvalue weighted by Crippen LogP contribution is -2.22. The Morgan fingerprint density at radius 1 is 1.35 bits per heavy atom. The molecule has 5 nitrogen and oxygen atoms in total. The average Bonchev–Trinajstić information content (AvgIpc) is 2.48. The molecule has 104 valence electrons. The molecule has 2 N–H and O–H groups in total. The molecule has 2 heterocycles. The zero-order valence-corrected chi connectivity index (χ0v) is 11.5. The normalized spacial score (nSPS) is 18.9. The van der Waals surface area contributed by atoms with Crippen molar-refractivity contribution < 1.29 is 9.84 Å². The van der Waals surface area contributed by atoms with Gasteiger partial charge in [0.05, 0.1) is 6.61 Å². The number of aromatic amines is 1. The first-order chi connectivity index (χ1) is 9.75. The average molecular weight is 290 g/mol. The van der Waals surface area contributed by atoms with Gasteiger partial charge in [0.15, 0.2) is 0 Å². The van der Waals surface area contributed by atoms with Gasteiger partial charge < -0.3 is 14.8 Å². The maximum Gasteiger partial charge on any atom is 0.262 e. The number of aromatic nitrogens is 2. The summed E-state index contributed by atoms with van der Waals surface area (Å²) in [4.78, 5) is 19.0. The van der Waals surface area contributed by atoms with Gasteiger partial charge in [-0.2, -0.15) is 16.7 Å². The third kappa shape index (κ3) is 2.57. The first-order valence-electron chi connectivity index (χ1n) is 6.33. The lowest BCUT2D eigenvalue weighted by Gasteiger charge is -2.21. The number of nitrogens with zero attached hydrogens (tertiary/aromatic N) is 1. The Bertz CT molecular complexity index is 651. The second-order valence-corrected chi connectivity index (χ2v) is 5.60. The standard InChI is InChI=1S/C14H14N2O3S/c17-13-11(9-4-2-1-3-5-9)14(18)16-12(15-13)10-8-20-7-6-19-10/h1-5,10H,6-8H2,(H2,15,16,17,18). The molecule has 0 radical (unpaired) electrons. The van der Waals surface area contributed by atoms with Crippen molar-refractivity contribution in [2.45, 2.75) is 6.10 Å². The van der Waals surface area contributed by atoms with Crippen molar-refractivity contribution in [1.29, 1.82) is 0 Å². The van der Waals surface area contributed by atoms with E-state index in [1.54, 1.807) is 23.9 Å². The number of rotatable bonds is 2. The van der Waals surface area contributed by atoms with E-state index in [1.165, 1.54) is 0 Å². The number of nitrogens with one attached hydrogen (secondary N) is 1. The van der Waals surface area contributed by atoms with Crippen LogP contribution in [0.15, 0.2) is 35.1 Å². The van der Waals surface area contributed by atoms with Crippen molar-refractivity contribution in [1.82, 2.24) is 9.97 Å². The van der Waals surface area contributed by atoms with Crippen LogP contribution in [0.5, 0.6) is 5.88 Å². The fraction of sp³-hybridized carbons (Fsp3) is 0.286. The number of thioether (sulfide) groups is 1. The smallest absolute Gasteiger partial charge is 0.262 e. The Kier molecular flexibility index (Phi) is 3.75. The maximum atomic E-state index is 12.2. The highest BCUT2D eigenvalue weighted by Crippen LogP contribution is 2.27. The molecule has 0 bridgehead atoms. The summed E-state index contributed by atoms with van der Waals surface area (Å²) < 4.78 is 5.55. The Hall–Kier alpha value is -1.79. The summed E-state index contributed by atoms with van der Waals surface area (Å²) in [7, 11) is 0. The fourth-order valence-electron chi connectivity index (χ4n) is 2.14. The van der Waals surface area contributed by atoms with Crippen LogP contribution in [0.25, 0.3) is 11.1 Å². The number of aromatic hydroxyl groups is 1. The zero-order valence-electron chi connectivity index (χ0n) is 10.7. The fourth-order valence-corrected chi connectivity index (χ4v) is 2.99. The third-order valence-electron chi connectivity index (χ3n) is 3.10. The van der Waals surface area contributed by atoms with Crippen molar-refractivity contribution >= 4 is 11.8 Å². The van der Waals surface area contributed by atoms with Gasteiger partial charge in [-0.3, -0.25) is 4.79 Å². The van der Waals surface area contributed by atoms with Crippen LogP contribution in [0.4, 0.5) is 0 Å². The summed E-state index contributed by atoms with van der Waals surface area (Å²) in [5.74, 6) is 1.80. The molecule has 1 atom stereocenters. The van der Waals surface area contributed by atoms with Crippen LogP contribution >= 0.6 is 11.8 Å². The van der Waals surface area contributed by atoms with Gasteiger partial charge >= 0.3 is 0 Å². The van der Waals surface area contributed by atoms with E-state index in [4.69, 9.17) is 4.74 Å². The third-order valence-corrected chi connectivity index (χ3v) is 4.10. The van der Waals surface area contributed by atoms with E-state index in [1.807, 2.05) is 18.2 Å². The van der Waals surface area contributed by atoms with Crippen LogP contribution in [-0.4, -0.2) is 33.2 Å². The number of hydrogen-bond acceptors (Lipinski definition) is 5. The second kappa shape index (κ2) is 5.68. The molecule has 1 aliphatic heterocycles. The van der Waals surface area contributed by atoms with Crippen molar-refractivity contribution in [3.05, 3.63) is 46.5 Å². The van der Waals surface area contributed by atoms with Crippen molar-refractivity contribution in [3.8, 4) is 17.0 Å². The lowest BCUT2D eigenvalue weighted by atomic mass is 10.1. The molecule has 1 aliphatic rings. The van der Waals surface area contributed by atoms with Gasteiger partial charge in [0.25, 0.3) is 5.56 Å². The number of ether oxygens (including phenoxy) is 1. The molecule has 0 spiro atoms. The SMILES string of the molecule is O=c1[nH]c(C2CSCCO2)nc(O)c1-c1ccccc1. The van der Waals surface area contributed by atoms with Crippen LogP contribution in [-0.2, 0) is 4.74 Å². The molecule has 6 heteroatoms. The molecule has 1 unspecified atom stereocenters. The van der Waals surface area contributed by atoms with Crippen LogP contribution in [0.1, 0.15) is 11.9 Å². The van der Waals surface area contributed by atoms with Gasteiger partial charge in [0.1, 0.15) is 17.5 Å². The summed E-state index contributed by atoms with van der Waals surface area (Å²) in [5, 5.41) is 10.1. The Balaban J connectivity index is 2.01. The Labute approximate surface area is 120 Å². The Morgan fingerprint density at radius 3 is 2.80 bits per heavy atom. The molecule has 0 aliphatic carbocycles. The highest BCUT2D eigenvalue weighted by atomic mass is 32.2. The van der Waals surface area contributed by atoms with E-state index in [9.17, 15) is 9.90 Å². The second-order valence-electron chi connectivity index (χ2n) is 4.45. The first-order valence-corrected chi connectivity index (χ1v) is 7.49. The summed E-state index contributed by atoms with van der Waals surface area (Å²) >= 11 is 1.74. The zero-order chi connectivity index (χ0) is 13.9. The molecule has 0 amide bonds. The van der Waals surface area contributed by atoms with Gasteiger partial charge in [-0.15, -0.1) is 0 Å². The summed E-state index contributed by atoms with van der Waals surface area (Å²) in [5.41, 5.74) is 0.486. The van der Waals surface area contributed by atoms with Gasteiger partial charge in [-0.25, -0.2) is 0 Å². The van der Waals surface area contributed by atoms with Crippen LogP contribution in [0, 0.1) is 0 Å². The summed E-state index contributed by atoms with van der Waals surface area (Å²) in [6, 6.07) is 8.99. The van der Waals surface area contributed by atoms with Gasteiger partial charge in [0.2, 0.25) is 5.88 Å². The molecule has 1 fully saturated rings. The van der Waals surface area contributed by atoms with Gasteiger partial charge in [0, 0.05) is 11.5 Å². The molecule has 0 saturated carbocycles. The molecule has 20 heavy (non-hydrogen) atoms. The number of H-pyrrole nitrogens is 1. The summed E-state index contributed by atoms with van der Waals surface area (Å²) in [6.07, 6.45) is -0.267. The van der Waals surface area contributed by atoms with Crippen LogP contribution in [0.2, 0.25) is 0 Å². The topological polar surface area (TPSA) is 75.2 Å². The van der Waals surface area contributed by atoms with E-state index in [-0.39, 0.29) is 23.1 Å². The number of hydrogen-bond donors (Lipinski definition) is 2. The van der Waals surface area contributed by atoms with Crippen molar-refractivity contribution in [3.63, 3.8) is 0 Å². The largest absolute Gasteiger partial charge is 0.493 e. The molecule has 1 aromatic heterocycles. The molecular weight excluding hydrogens is 276 g/mol. The summed E-state index contributed by atoms with van der Waals surface area (Å²) in [6.45, 7) is 0.625. The minimum absolute atomic E-state index is 0.192. The minimum atomic E-state index is -0.349. The molecule has 1 saturated heterocycles. The van der Waals surface area contributed by atoms with Crippen LogP contribution < -0.4 is 5.56 Å². The number of benzene rings is 1. The van der Waals surface area contributed by atoms with Gasteiger partial charge in [-0.1, -0.05) is 30.3 Å². The first kappa shape index (κ1) is 13.2. The minimum Gasteiger partial charge on any atom is -0.493 e. The highest BCUT2D eigenvalue weighted by molar-refractivity contribution is 7.99. The van der Waals surface area contributed by atoms with E-state index in [2.05, 4.69) is 9.97 Å². The van der Waals surface area contributed by atoms with Gasteiger partial charge in [-0.05, 0) is 5.56 Å².